The molecule has 3 heterocycles. The van der Waals surface area contributed by atoms with Gasteiger partial charge in [0.15, 0.2) is 5.96 Å². The van der Waals surface area contributed by atoms with E-state index in [-0.39, 0.29) is 24.0 Å². The molecule has 1 saturated heterocycles. The molecule has 3 rings (SSSR count). The Kier molecular flexibility index (Phi) is 10.2. The van der Waals surface area contributed by atoms with E-state index < -0.39 is 5.60 Å². The van der Waals surface area contributed by atoms with Gasteiger partial charge in [-0.15, -0.1) is 24.0 Å². The number of piperazine rings is 1. The van der Waals surface area contributed by atoms with Gasteiger partial charge >= 0.3 is 0 Å². The number of hydrogen-bond donors (Lipinski definition) is 3. The van der Waals surface area contributed by atoms with Crippen molar-refractivity contribution in [3.8, 4) is 0 Å². The first-order valence-corrected chi connectivity index (χ1v) is 11.0. The normalized spacial score (nSPS) is 17.2. The number of aromatic nitrogens is 2. The zero-order valence-electron chi connectivity index (χ0n) is 17.6. The maximum absolute atomic E-state index is 10.7. The van der Waals surface area contributed by atoms with Gasteiger partial charge in [-0.25, -0.2) is 15.0 Å². The summed E-state index contributed by atoms with van der Waals surface area (Å²) in [5, 5.41) is 21.2. The molecular formula is C20H32IN7OS. The molecule has 166 valence electrons. The fourth-order valence-electron chi connectivity index (χ4n) is 3.20. The molecule has 0 aromatic carbocycles. The topological polar surface area (TPSA) is 88.9 Å². The summed E-state index contributed by atoms with van der Waals surface area (Å²) in [5.41, 5.74) is -0.0552. The lowest BCUT2D eigenvalue weighted by molar-refractivity contribution is 0.0677. The molecule has 0 saturated carbocycles. The molecule has 8 nitrogen and oxygen atoms in total. The minimum Gasteiger partial charge on any atom is -0.383 e. The van der Waals surface area contributed by atoms with Crippen LogP contribution in [0.1, 0.15) is 19.4 Å². The molecule has 0 amide bonds. The number of nitrogens with one attached hydrogen (secondary N) is 2. The summed E-state index contributed by atoms with van der Waals surface area (Å²) in [7, 11) is 0. The minimum absolute atomic E-state index is 0. The first kappa shape index (κ1) is 24.8. The van der Waals surface area contributed by atoms with Crippen LogP contribution in [0.5, 0.6) is 0 Å². The average Bonchev–Trinajstić information content (AvgIpc) is 3.29. The van der Waals surface area contributed by atoms with Gasteiger partial charge in [0.05, 0.1) is 6.54 Å². The Labute approximate surface area is 199 Å². The first-order chi connectivity index (χ1) is 14.1. The molecule has 0 bridgehead atoms. The zero-order chi connectivity index (χ0) is 20.5. The number of thiophene rings is 1. The third-order valence-corrected chi connectivity index (χ3v) is 5.64. The van der Waals surface area contributed by atoms with Crippen LogP contribution in [-0.2, 0) is 5.60 Å². The number of aliphatic imine (C=N–C) groups is 1. The third kappa shape index (κ3) is 7.33. The van der Waals surface area contributed by atoms with Crippen molar-refractivity contribution in [1.29, 1.82) is 0 Å². The molecule has 0 spiro atoms. The molecular weight excluding hydrogens is 513 g/mol. The standard InChI is InChI=1S/C20H31N7OS.HI/c1-3-21-18(25-16-20(2,28)17-5-14-29-15-17)22-8-9-26-10-12-27(13-11-26)19-23-6-4-7-24-19;/h4-7,14-15,28H,3,8-13,16H2,1-2H3,(H2,21,22,25);1H. The highest BCUT2D eigenvalue weighted by Crippen LogP contribution is 2.23. The summed E-state index contributed by atoms with van der Waals surface area (Å²) in [6.07, 6.45) is 3.58. The quantitative estimate of drug-likeness (QED) is 0.265. The molecule has 1 fully saturated rings. The van der Waals surface area contributed by atoms with Crippen LogP contribution < -0.4 is 15.5 Å². The number of aliphatic hydroxyl groups is 1. The third-order valence-electron chi connectivity index (χ3n) is 4.96. The predicted molar refractivity (Wildman–Crippen MR) is 134 cm³/mol. The van der Waals surface area contributed by atoms with Crippen LogP contribution in [0, 0.1) is 0 Å². The molecule has 0 aliphatic carbocycles. The van der Waals surface area contributed by atoms with Gasteiger partial charge in [0.25, 0.3) is 0 Å². The second-order valence-electron chi connectivity index (χ2n) is 7.29. The van der Waals surface area contributed by atoms with E-state index in [1.54, 1.807) is 30.7 Å². The predicted octanol–water partition coefficient (Wildman–Crippen LogP) is 1.74. The highest BCUT2D eigenvalue weighted by molar-refractivity contribution is 14.0. The molecule has 2 aromatic heterocycles. The Balaban J connectivity index is 0.00000320. The number of halogens is 1. The van der Waals surface area contributed by atoms with Gasteiger partial charge in [0.2, 0.25) is 5.95 Å². The van der Waals surface area contributed by atoms with Crippen molar-refractivity contribution >= 4 is 47.2 Å². The van der Waals surface area contributed by atoms with Crippen molar-refractivity contribution in [3.05, 3.63) is 40.8 Å². The van der Waals surface area contributed by atoms with Crippen molar-refractivity contribution in [1.82, 2.24) is 25.5 Å². The van der Waals surface area contributed by atoms with E-state index in [4.69, 9.17) is 0 Å². The van der Waals surface area contributed by atoms with E-state index in [1.807, 2.05) is 29.8 Å². The number of guanidine groups is 1. The lowest BCUT2D eigenvalue weighted by Gasteiger charge is -2.34. The Bertz CT molecular complexity index is 750. The second kappa shape index (κ2) is 12.4. The number of anilines is 1. The fourth-order valence-corrected chi connectivity index (χ4v) is 3.98. The Morgan fingerprint density at radius 3 is 2.60 bits per heavy atom. The average molecular weight is 545 g/mol. The summed E-state index contributed by atoms with van der Waals surface area (Å²) < 4.78 is 0. The first-order valence-electron chi connectivity index (χ1n) is 10.1. The minimum atomic E-state index is -0.960. The van der Waals surface area contributed by atoms with Crippen molar-refractivity contribution in [2.45, 2.75) is 19.4 Å². The highest BCUT2D eigenvalue weighted by atomic mass is 127. The van der Waals surface area contributed by atoms with Gasteiger partial charge in [-0.1, -0.05) is 0 Å². The van der Waals surface area contributed by atoms with Gasteiger partial charge in [-0.3, -0.25) is 4.90 Å². The van der Waals surface area contributed by atoms with Crippen LogP contribution in [0.2, 0.25) is 0 Å². The zero-order valence-corrected chi connectivity index (χ0v) is 20.8. The van der Waals surface area contributed by atoms with Gasteiger partial charge in [-0.05, 0) is 42.3 Å². The molecule has 1 atom stereocenters. The van der Waals surface area contributed by atoms with E-state index in [9.17, 15) is 5.11 Å². The Hall–Kier alpha value is -1.50. The van der Waals surface area contributed by atoms with E-state index in [2.05, 4.69) is 35.4 Å². The highest BCUT2D eigenvalue weighted by Gasteiger charge is 2.23. The largest absolute Gasteiger partial charge is 0.383 e. The van der Waals surface area contributed by atoms with Crippen molar-refractivity contribution in [3.63, 3.8) is 0 Å². The summed E-state index contributed by atoms with van der Waals surface area (Å²) in [6, 6.07) is 3.79. The molecule has 1 aliphatic heterocycles. The SMILES string of the molecule is CCNC(=NCC(C)(O)c1ccsc1)NCCN1CCN(c2ncccn2)CC1.I. The summed E-state index contributed by atoms with van der Waals surface area (Å²) in [5.74, 6) is 1.55. The molecule has 10 heteroatoms. The lowest BCUT2D eigenvalue weighted by Crippen LogP contribution is -2.49. The number of rotatable bonds is 8. The van der Waals surface area contributed by atoms with Crippen molar-refractivity contribution < 1.29 is 5.11 Å². The molecule has 3 N–H and O–H groups in total. The molecule has 1 aliphatic rings. The van der Waals surface area contributed by atoms with Crippen LogP contribution in [-0.4, -0.2) is 78.3 Å². The monoisotopic (exact) mass is 545 g/mol. The van der Waals surface area contributed by atoms with Crippen LogP contribution in [0.3, 0.4) is 0 Å². The van der Waals surface area contributed by atoms with E-state index in [0.717, 1.165) is 63.3 Å². The summed E-state index contributed by atoms with van der Waals surface area (Å²) in [4.78, 5) is 17.9. The maximum atomic E-state index is 10.7. The second-order valence-corrected chi connectivity index (χ2v) is 8.07. The summed E-state index contributed by atoms with van der Waals surface area (Å²) >= 11 is 1.58. The van der Waals surface area contributed by atoms with Gasteiger partial charge in [-0.2, -0.15) is 11.3 Å². The maximum Gasteiger partial charge on any atom is 0.225 e. The Morgan fingerprint density at radius 1 is 1.23 bits per heavy atom. The van der Waals surface area contributed by atoms with Crippen molar-refractivity contribution in [2.24, 2.45) is 4.99 Å². The van der Waals surface area contributed by atoms with E-state index in [0.29, 0.717) is 6.54 Å². The number of hydrogen-bond acceptors (Lipinski definition) is 7. The number of nitrogens with zero attached hydrogens (tertiary/aromatic N) is 5. The van der Waals surface area contributed by atoms with E-state index >= 15 is 0 Å². The van der Waals surface area contributed by atoms with Crippen molar-refractivity contribution in [2.75, 3.05) is 57.3 Å². The molecule has 0 radical (unpaired) electrons. The van der Waals surface area contributed by atoms with Gasteiger partial charge < -0.3 is 20.6 Å². The van der Waals surface area contributed by atoms with Crippen LogP contribution >= 0.6 is 35.3 Å². The lowest BCUT2D eigenvalue weighted by atomic mass is 10.00. The Morgan fingerprint density at radius 2 is 1.97 bits per heavy atom. The fraction of sp³-hybridized carbons (Fsp3) is 0.550. The molecule has 1 unspecified atom stereocenters. The smallest absolute Gasteiger partial charge is 0.225 e. The van der Waals surface area contributed by atoms with Crippen LogP contribution in [0.4, 0.5) is 5.95 Å². The van der Waals surface area contributed by atoms with Gasteiger partial charge in [0, 0.05) is 58.2 Å². The van der Waals surface area contributed by atoms with E-state index in [1.165, 1.54) is 0 Å². The van der Waals surface area contributed by atoms with Crippen LogP contribution in [0.15, 0.2) is 40.3 Å². The molecule has 30 heavy (non-hydrogen) atoms. The van der Waals surface area contributed by atoms with Gasteiger partial charge in [0.1, 0.15) is 5.60 Å². The molecule has 2 aromatic rings. The summed E-state index contributed by atoms with van der Waals surface area (Å²) in [6.45, 7) is 10.5. The van der Waals surface area contributed by atoms with Crippen LogP contribution in [0.25, 0.3) is 0 Å².